The van der Waals surface area contributed by atoms with Crippen LogP contribution in [0.5, 0.6) is 0 Å². The number of rotatable bonds is 7. The Morgan fingerprint density at radius 2 is 2.23 bits per heavy atom. The first-order chi connectivity index (χ1) is 6.14. The van der Waals surface area contributed by atoms with E-state index in [4.69, 9.17) is 13.9 Å². The molecular formula is C9H17O3Si. The van der Waals surface area contributed by atoms with Gasteiger partial charge >= 0.3 is 0 Å². The van der Waals surface area contributed by atoms with Gasteiger partial charge in [0.15, 0.2) is 0 Å². The number of hydrogen-bond acceptors (Lipinski definition) is 3. The summed E-state index contributed by atoms with van der Waals surface area (Å²) in [4.78, 5) is 0. The highest BCUT2D eigenvalue weighted by Gasteiger charge is 2.22. The molecule has 0 amide bonds. The van der Waals surface area contributed by atoms with Crippen molar-refractivity contribution in [2.75, 3.05) is 19.8 Å². The van der Waals surface area contributed by atoms with Crippen LogP contribution >= 0.6 is 0 Å². The standard InChI is InChI=1S/C9H17O3Si/c1-9(2,12-13)4-3-5-10-6-8-7-11-8/h8H,3-7H2,1-2H3. The van der Waals surface area contributed by atoms with Crippen LogP contribution in [0.4, 0.5) is 0 Å². The van der Waals surface area contributed by atoms with Crippen molar-refractivity contribution in [3.8, 4) is 0 Å². The number of hydrogen-bond donors (Lipinski definition) is 0. The predicted molar refractivity (Wildman–Crippen MR) is 50.7 cm³/mol. The van der Waals surface area contributed by atoms with Crippen molar-refractivity contribution in [3.63, 3.8) is 0 Å². The lowest BCUT2D eigenvalue weighted by Gasteiger charge is -2.22. The highest BCUT2D eigenvalue weighted by molar-refractivity contribution is 5.98. The first-order valence-corrected chi connectivity index (χ1v) is 5.09. The van der Waals surface area contributed by atoms with Gasteiger partial charge in [0.2, 0.25) is 10.5 Å². The van der Waals surface area contributed by atoms with Crippen LogP contribution in [-0.2, 0) is 13.9 Å². The third kappa shape index (κ3) is 5.41. The van der Waals surface area contributed by atoms with Crippen LogP contribution in [0.2, 0.25) is 0 Å². The Morgan fingerprint density at radius 3 is 2.77 bits per heavy atom. The van der Waals surface area contributed by atoms with Gasteiger partial charge in [-0.2, -0.15) is 0 Å². The maximum Gasteiger partial charge on any atom is 0.246 e. The second-order valence-electron chi connectivity index (χ2n) is 4.00. The molecule has 0 bridgehead atoms. The molecule has 1 rings (SSSR count). The van der Waals surface area contributed by atoms with E-state index in [1.807, 2.05) is 13.8 Å². The van der Waals surface area contributed by atoms with Crippen LogP contribution in [0.15, 0.2) is 0 Å². The molecule has 1 aliphatic rings. The van der Waals surface area contributed by atoms with Gasteiger partial charge in [-0.05, 0) is 26.7 Å². The first kappa shape index (κ1) is 11.2. The lowest BCUT2D eigenvalue weighted by atomic mass is 10.0. The largest absolute Gasteiger partial charge is 0.414 e. The molecule has 0 aromatic heterocycles. The molecule has 1 unspecified atom stereocenters. The van der Waals surface area contributed by atoms with Gasteiger partial charge in [-0.1, -0.05) is 0 Å². The smallest absolute Gasteiger partial charge is 0.246 e. The molecule has 13 heavy (non-hydrogen) atoms. The molecule has 75 valence electrons. The Balaban J connectivity index is 1.87. The van der Waals surface area contributed by atoms with Gasteiger partial charge in [-0.3, -0.25) is 0 Å². The normalized spacial score (nSPS) is 21.9. The monoisotopic (exact) mass is 201 g/mol. The van der Waals surface area contributed by atoms with Gasteiger partial charge < -0.3 is 13.9 Å². The lowest BCUT2D eigenvalue weighted by Crippen LogP contribution is -2.23. The van der Waals surface area contributed by atoms with Gasteiger partial charge in [0.25, 0.3) is 0 Å². The number of epoxide rings is 1. The Morgan fingerprint density at radius 1 is 1.54 bits per heavy atom. The van der Waals surface area contributed by atoms with E-state index in [-0.39, 0.29) is 5.60 Å². The summed E-state index contributed by atoms with van der Waals surface area (Å²) in [5.41, 5.74) is -0.101. The zero-order valence-electron chi connectivity index (χ0n) is 8.34. The molecule has 3 radical (unpaired) electrons. The molecule has 1 atom stereocenters. The molecule has 1 heterocycles. The van der Waals surface area contributed by atoms with E-state index in [1.54, 1.807) is 0 Å². The molecule has 1 fully saturated rings. The second kappa shape index (κ2) is 5.10. The van der Waals surface area contributed by atoms with E-state index < -0.39 is 0 Å². The van der Waals surface area contributed by atoms with Crippen LogP contribution in [-0.4, -0.2) is 42.0 Å². The molecule has 1 saturated heterocycles. The van der Waals surface area contributed by atoms with Crippen molar-refractivity contribution in [1.82, 2.24) is 0 Å². The van der Waals surface area contributed by atoms with Gasteiger partial charge in [-0.25, -0.2) is 0 Å². The molecule has 3 nitrogen and oxygen atoms in total. The van der Waals surface area contributed by atoms with E-state index in [0.29, 0.717) is 6.10 Å². The molecular weight excluding hydrogens is 184 g/mol. The fourth-order valence-electron chi connectivity index (χ4n) is 1.03. The van der Waals surface area contributed by atoms with E-state index in [9.17, 15) is 0 Å². The van der Waals surface area contributed by atoms with E-state index in [1.165, 1.54) is 0 Å². The molecule has 0 aromatic carbocycles. The fraction of sp³-hybridized carbons (Fsp3) is 1.00. The highest BCUT2D eigenvalue weighted by atomic mass is 28.2. The average Bonchev–Trinajstić information content (AvgIpc) is 2.87. The Labute approximate surface area is 83.3 Å². The predicted octanol–water partition coefficient (Wildman–Crippen LogP) is 1.06. The number of ether oxygens (including phenoxy) is 2. The van der Waals surface area contributed by atoms with Crippen molar-refractivity contribution in [2.45, 2.75) is 38.4 Å². The van der Waals surface area contributed by atoms with Crippen LogP contribution < -0.4 is 0 Å². The maximum absolute atomic E-state index is 5.40. The first-order valence-electron chi connectivity index (χ1n) is 4.68. The van der Waals surface area contributed by atoms with Crippen LogP contribution in [0.1, 0.15) is 26.7 Å². The Hall–Kier alpha value is 0.0969. The topological polar surface area (TPSA) is 31.0 Å². The minimum absolute atomic E-state index is 0.101. The summed E-state index contributed by atoms with van der Waals surface area (Å²) in [6.07, 6.45) is 2.38. The summed E-state index contributed by atoms with van der Waals surface area (Å²) < 4.78 is 15.5. The van der Waals surface area contributed by atoms with Gasteiger partial charge in [0.1, 0.15) is 6.10 Å². The Bertz CT molecular complexity index is 146. The zero-order valence-corrected chi connectivity index (χ0v) is 9.34. The van der Waals surface area contributed by atoms with E-state index in [0.717, 1.165) is 32.7 Å². The molecule has 1 aliphatic heterocycles. The summed E-state index contributed by atoms with van der Waals surface area (Å²) in [5, 5.41) is 0. The van der Waals surface area contributed by atoms with Crippen molar-refractivity contribution in [2.24, 2.45) is 0 Å². The van der Waals surface area contributed by atoms with E-state index >= 15 is 0 Å². The third-order valence-electron chi connectivity index (χ3n) is 2.05. The minimum atomic E-state index is -0.101. The summed E-state index contributed by atoms with van der Waals surface area (Å²) in [5.74, 6) is 0. The molecule has 0 spiro atoms. The molecule has 0 aromatic rings. The summed E-state index contributed by atoms with van der Waals surface area (Å²) in [6.45, 7) is 6.50. The third-order valence-corrected chi connectivity index (χ3v) is 2.60. The maximum atomic E-state index is 5.40. The van der Waals surface area contributed by atoms with Crippen LogP contribution in [0, 0.1) is 0 Å². The van der Waals surface area contributed by atoms with Gasteiger partial charge in [0, 0.05) is 6.61 Å². The van der Waals surface area contributed by atoms with Gasteiger partial charge in [-0.15, -0.1) is 0 Å². The average molecular weight is 201 g/mol. The van der Waals surface area contributed by atoms with E-state index in [2.05, 4.69) is 10.5 Å². The van der Waals surface area contributed by atoms with Crippen molar-refractivity contribution < 1.29 is 13.9 Å². The highest BCUT2D eigenvalue weighted by Crippen LogP contribution is 2.15. The van der Waals surface area contributed by atoms with Gasteiger partial charge in [0.05, 0.1) is 18.8 Å². The molecule has 0 aliphatic carbocycles. The summed E-state index contributed by atoms with van der Waals surface area (Å²) in [7, 11) is 3.06. The SMILES string of the molecule is CC(C)(CCCOCC1CO1)O[Si]. The second-order valence-corrected chi connectivity index (χ2v) is 4.20. The zero-order chi connectivity index (χ0) is 9.73. The van der Waals surface area contributed by atoms with Crippen molar-refractivity contribution in [1.29, 1.82) is 0 Å². The Kier molecular flexibility index (Phi) is 4.38. The molecule has 0 N–H and O–H groups in total. The van der Waals surface area contributed by atoms with Crippen molar-refractivity contribution in [3.05, 3.63) is 0 Å². The fourth-order valence-corrected chi connectivity index (χ4v) is 1.13. The molecule has 0 saturated carbocycles. The summed E-state index contributed by atoms with van der Waals surface area (Å²) in [6, 6.07) is 0. The van der Waals surface area contributed by atoms with Crippen LogP contribution in [0.3, 0.4) is 0 Å². The molecule has 4 heteroatoms. The van der Waals surface area contributed by atoms with Crippen LogP contribution in [0.25, 0.3) is 0 Å². The quantitative estimate of drug-likeness (QED) is 0.350. The lowest BCUT2D eigenvalue weighted by molar-refractivity contribution is 0.0749. The van der Waals surface area contributed by atoms with Crippen molar-refractivity contribution >= 4 is 10.5 Å². The summed E-state index contributed by atoms with van der Waals surface area (Å²) >= 11 is 0. The minimum Gasteiger partial charge on any atom is -0.414 e.